The van der Waals surface area contributed by atoms with Crippen molar-refractivity contribution >= 4 is 11.8 Å². The topological polar surface area (TPSA) is 95.7 Å². The summed E-state index contributed by atoms with van der Waals surface area (Å²) in [7, 11) is 3.23. The van der Waals surface area contributed by atoms with Crippen molar-refractivity contribution in [3.05, 3.63) is 29.8 Å². The second kappa shape index (κ2) is 6.75. The zero-order chi connectivity index (χ0) is 14.4. The lowest BCUT2D eigenvalue weighted by Gasteiger charge is -2.14. The molecule has 0 bridgehead atoms. The summed E-state index contributed by atoms with van der Waals surface area (Å²) >= 11 is 0. The van der Waals surface area contributed by atoms with Crippen molar-refractivity contribution in [3.63, 3.8) is 0 Å². The number of carbonyl (C=O) groups excluding carboxylic acids is 2. The standard InChI is InChI=1S/C13H19N3O3/c1-16(2)12(18)8-15-13(19)11(14)7-9-3-5-10(17)6-4-9/h3-6,11,17H,7-8,14H2,1-2H3,(H,15,19)/t11-/m1/s1. The predicted octanol–water partition coefficient (Wildman–Crippen LogP) is -0.534. The van der Waals surface area contributed by atoms with Gasteiger partial charge in [0.15, 0.2) is 0 Å². The van der Waals surface area contributed by atoms with Crippen molar-refractivity contribution in [3.8, 4) is 5.75 Å². The van der Waals surface area contributed by atoms with E-state index in [9.17, 15) is 9.59 Å². The number of hydrogen-bond donors (Lipinski definition) is 3. The molecule has 0 radical (unpaired) electrons. The second-order valence-corrected chi connectivity index (χ2v) is 4.48. The monoisotopic (exact) mass is 265 g/mol. The number of carbonyl (C=O) groups is 2. The molecule has 1 rings (SSSR count). The maximum atomic E-state index is 11.7. The Kier molecular flexibility index (Phi) is 5.32. The van der Waals surface area contributed by atoms with Crippen molar-refractivity contribution in [1.82, 2.24) is 10.2 Å². The fourth-order valence-corrected chi connectivity index (χ4v) is 1.43. The third kappa shape index (κ3) is 4.97. The van der Waals surface area contributed by atoms with Crippen LogP contribution < -0.4 is 11.1 Å². The zero-order valence-electron chi connectivity index (χ0n) is 11.1. The Morgan fingerprint density at radius 2 is 1.89 bits per heavy atom. The van der Waals surface area contributed by atoms with Crippen molar-refractivity contribution in [2.24, 2.45) is 5.73 Å². The Labute approximate surface area is 112 Å². The van der Waals surface area contributed by atoms with Crippen molar-refractivity contribution in [1.29, 1.82) is 0 Å². The molecule has 4 N–H and O–H groups in total. The molecule has 19 heavy (non-hydrogen) atoms. The van der Waals surface area contributed by atoms with Gasteiger partial charge in [-0.1, -0.05) is 12.1 Å². The molecule has 0 aliphatic carbocycles. The highest BCUT2D eigenvalue weighted by Gasteiger charge is 2.15. The first-order chi connectivity index (χ1) is 8.90. The smallest absolute Gasteiger partial charge is 0.241 e. The Bertz CT molecular complexity index is 443. The molecule has 0 saturated carbocycles. The predicted molar refractivity (Wildman–Crippen MR) is 71.5 cm³/mol. The molecule has 104 valence electrons. The summed E-state index contributed by atoms with van der Waals surface area (Å²) in [6.45, 7) is -0.0604. The van der Waals surface area contributed by atoms with Crippen molar-refractivity contribution in [2.45, 2.75) is 12.5 Å². The zero-order valence-corrected chi connectivity index (χ0v) is 11.1. The van der Waals surface area contributed by atoms with Crippen molar-refractivity contribution in [2.75, 3.05) is 20.6 Å². The number of nitrogens with zero attached hydrogens (tertiary/aromatic N) is 1. The molecule has 0 saturated heterocycles. The minimum atomic E-state index is -0.723. The molecule has 1 atom stereocenters. The quantitative estimate of drug-likeness (QED) is 0.666. The molecule has 0 fully saturated rings. The fraction of sp³-hybridized carbons (Fsp3) is 0.385. The number of likely N-dealkylation sites (N-methyl/N-ethyl adjacent to an activating group) is 1. The number of hydrogen-bond acceptors (Lipinski definition) is 4. The van der Waals surface area contributed by atoms with Gasteiger partial charge in [0.05, 0.1) is 12.6 Å². The molecule has 0 unspecified atom stereocenters. The maximum Gasteiger partial charge on any atom is 0.241 e. The van der Waals surface area contributed by atoms with Gasteiger partial charge in [-0.25, -0.2) is 0 Å². The average molecular weight is 265 g/mol. The molecule has 2 amide bonds. The second-order valence-electron chi connectivity index (χ2n) is 4.48. The number of nitrogens with one attached hydrogen (secondary N) is 1. The summed E-state index contributed by atoms with van der Waals surface area (Å²) in [4.78, 5) is 24.4. The van der Waals surface area contributed by atoms with Crippen LogP contribution >= 0.6 is 0 Å². The van der Waals surface area contributed by atoms with E-state index in [0.29, 0.717) is 6.42 Å². The lowest BCUT2D eigenvalue weighted by atomic mass is 10.1. The first-order valence-corrected chi connectivity index (χ1v) is 5.91. The normalized spacial score (nSPS) is 11.7. The van der Waals surface area contributed by atoms with Gasteiger partial charge in [0.25, 0.3) is 0 Å². The number of phenols is 1. The van der Waals surface area contributed by atoms with E-state index >= 15 is 0 Å². The number of rotatable bonds is 5. The van der Waals surface area contributed by atoms with Crippen LogP contribution in [0, 0.1) is 0 Å². The Morgan fingerprint density at radius 3 is 2.42 bits per heavy atom. The van der Waals surface area contributed by atoms with Crippen LogP contribution in [0.5, 0.6) is 5.75 Å². The Morgan fingerprint density at radius 1 is 1.32 bits per heavy atom. The van der Waals surface area contributed by atoms with Crippen LogP contribution in [0.3, 0.4) is 0 Å². The Hall–Kier alpha value is -2.08. The summed E-state index contributed by atoms with van der Waals surface area (Å²) < 4.78 is 0. The van der Waals surface area contributed by atoms with Gasteiger partial charge in [0, 0.05) is 14.1 Å². The van der Waals surface area contributed by atoms with Crippen LogP contribution in [0.25, 0.3) is 0 Å². The highest BCUT2D eigenvalue weighted by atomic mass is 16.3. The van der Waals surface area contributed by atoms with E-state index in [1.165, 1.54) is 17.0 Å². The van der Waals surface area contributed by atoms with Crippen LogP contribution in [-0.2, 0) is 16.0 Å². The molecule has 1 aromatic carbocycles. The molecule has 6 nitrogen and oxygen atoms in total. The first-order valence-electron chi connectivity index (χ1n) is 5.91. The van der Waals surface area contributed by atoms with Crippen molar-refractivity contribution < 1.29 is 14.7 Å². The third-order valence-electron chi connectivity index (χ3n) is 2.64. The molecular formula is C13H19N3O3. The van der Waals surface area contributed by atoms with Gasteiger partial charge in [-0.3, -0.25) is 9.59 Å². The maximum absolute atomic E-state index is 11.7. The largest absolute Gasteiger partial charge is 0.508 e. The van der Waals surface area contributed by atoms with E-state index in [0.717, 1.165) is 5.56 Å². The number of phenolic OH excluding ortho intramolecular Hbond substituents is 1. The van der Waals surface area contributed by atoms with Gasteiger partial charge >= 0.3 is 0 Å². The molecule has 6 heteroatoms. The number of benzene rings is 1. The number of nitrogens with two attached hydrogens (primary N) is 1. The van der Waals surface area contributed by atoms with Crippen LogP contribution in [0.1, 0.15) is 5.56 Å². The molecular weight excluding hydrogens is 246 g/mol. The summed E-state index contributed by atoms with van der Waals surface area (Å²) in [6, 6.07) is 5.76. The minimum Gasteiger partial charge on any atom is -0.508 e. The van der Waals surface area contributed by atoms with Crippen LogP contribution in [0.4, 0.5) is 0 Å². The number of amides is 2. The average Bonchev–Trinajstić information content (AvgIpc) is 2.37. The van der Waals surface area contributed by atoms with E-state index in [-0.39, 0.29) is 24.1 Å². The van der Waals surface area contributed by atoms with Gasteiger partial charge < -0.3 is 21.1 Å². The first kappa shape index (κ1) is 15.0. The molecule has 0 aliphatic heterocycles. The van der Waals surface area contributed by atoms with E-state index in [4.69, 9.17) is 10.8 Å². The van der Waals surface area contributed by atoms with Gasteiger partial charge in [0.1, 0.15) is 5.75 Å². The summed E-state index contributed by atoms with van der Waals surface area (Å²) in [5, 5.41) is 11.6. The third-order valence-corrected chi connectivity index (χ3v) is 2.64. The highest BCUT2D eigenvalue weighted by molar-refractivity contribution is 5.87. The number of aromatic hydroxyl groups is 1. The van der Waals surface area contributed by atoms with Gasteiger partial charge in [-0.2, -0.15) is 0 Å². The Balaban J connectivity index is 2.44. The lowest BCUT2D eigenvalue weighted by molar-refractivity contribution is -0.131. The van der Waals surface area contributed by atoms with Gasteiger partial charge in [-0.15, -0.1) is 0 Å². The van der Waals surface area contributed by atoms with Crippen LogP contribution in [-0.4, -0.2) is 48.5 Å². The minimum absolute atomic E-state index is 0.0604. The van der Waals surface area contributed by atoms with E-state index in [2.05, 4.69) is 5.32 Å². The van der Waals surface area contributed by atoms with Gasteiger partial charge in [0.2, 0.25) is 11.8 Å². The summed E-state index contributed by atoms with van der Waals surface area (Å²) in [5.41, 5.74) is 6.60. The molecule has 0 heterocycles. The highest BCUT2D eigenvalue weighted by Crippen LogP contribution is 2.10. The summed E-state index contributed by atoms with van der Waals surface area (Å²) in [6.07, 6.45) is 0.349. The fourth-order valence-electron chi connectivity index (χ4n) is 1.43. The molecule has 0 spiro atoms. The van der Waals surface area contributed by atoms with Crippen LogP contribution in [0.2, 0.25) is 0 Å². The molecule has 1 aromatic rings. The SMILES string of the molecule is CN(C)C(=O)CNC(=O)[C@H](N)Cc1ccc(O)cc1. The van der Waals surface area contributed by atoms with E-state index < -0.39 is 6.04 Å². The lowest BCUT2D eigenvalue weighted by Crippen LogP contribution is -2.45. The molecule has 0 aromatic heterocycles. The van der Waals surface area contributed by atoms with Crippen LogP contribution in [0.15, 0.2) is 24.3 Å². The van der Waals surface area contributed by atoms with Gasteiger partial charge in [-0.05, 0) is 24.1 Å². The van der Waals surface area contributed by atoms with E-state index in [1.54, 1.807) is 26.2 Å². The summed E-state index contributed by atoms with van der Waals surface area (Å²) in [5.74, 6) is -0.396. The van der Waals surface area contributed by atoms with E-state index in [1.807, 2.05) is 0 Å². The molecule has 0 aliphatic rings.